The van der Waals surface area contributed by atoms with E-state index in [9.17, 15) is 9.59 Å². The minimum Gasteiger partial charge on any atom is -0.496 e. The third kappa shape index (κ3) is 4.06. The summed E-state index contributed by atoms with van der Waals surface area (Å²) in [7, 11) is 1.46. The zero-order chi connectivity index (χ0) is 17.7. The average Bonchev–Trinajstić information content (AvgIpc) is 2.58. The van der Waals surface area contributed by atoms with Crippen LogP contribution in [0.3, 0.4) is 0 Å². The molecule has 0 radical (unpaired) electrons. The van der Waals surface area contributed by atoms with Crippen LogP contribution in [0.5, 0.6) is 5.75 Å². The van der Waals surface area contributed by atoms with E-state index in [0.717, 1.165) is 5.56 Å². The molecule has 1 N–H and O–H groups in total. The predicted octanol–water partition coefficient (Wildman–Crippen LogP) is 3.84. The number of carbonyl (C=O) groups excluding carboxylic acids is 2. The molecule has 126 valence electrons. The number of rotatable bonds is 5. The maximum atomic E-state index is 12.2. The van der Waals surface area contributed by atoms with Crippen molar-refractivity contribution in [2.45, 2.75) is 20.0 Å². The first kappa shape index (κ1) is 17.8. The fraction of sp³-hybridized carbons (Fsp3) is 0.222. The van der Waals surface area contributed by atoms with E-state index in [4.69, 9.17) is 21.1 Å². The zero-order valence-corrected chi connectivity index (χ0v) is 14.4. The highest BCUT2D eigenvalue weighted by atomic mass is 35.5. The third-order valence-corrected chi connectivity index (χ3v) is 3.91. The third-order valence-electron chi connectivity index (χ3n) is 3.51. The first-order chi connectivity index (χ1) is 11.4. The number of nitrogens with one attached hydrogen (secondary N) is 1. The van der Waals surface area contributed by atoms with Crippen molar-refractivity contribution in [3.8, 4) is 5.75 Å². The molecule has 0 fully saturated rings. The molecule has 5 nitrogen and oxygen atoms in total. The van der Waals surface area contributed by atoms with Crippen LogP contribution in [0.4, 0.5) is 5.69 Å². The van der Waals surface area contributed by atoms with Gasteiger partial charge in [0.2, 0.25) is 0 Å². The molecule has 0 saturated heterocycles. The van der Waals surface area contributed by atoms with Gasteiger partial charge in [0.15, 0.2) is 6.10 Å². The summed E-state index contributed by atoms with van der Waals surface area (Å²) in [6, 6.07) is 11.9. The molecule has 0 bridgehead atoms. The van der Waals surface area contributed by atoms with Crippen molar-refractivity contribution in [1.29, 1.82) is 0 Å². The van der Waals surface area contributed by atoms with E-state index in [2.05, 4.69) is 5.32 Å². The van der Waals surface area contributed by atoms with Crippen LogP contribution in [0.15, 0.2) is 42.5 Å². The van der Waals surface area contributed by atoms with Gasteiger partial charge in [-0.1, -0.05) is 29.8 Å². The number of methoxy groups -OCH3 is 1. The highest BCUT2D eigenvalue weighted by molar-refractivity contribution is 6.31. The van der Waals surface area contributed by atoms with Crippen LogP contribution < -0.4 is 10.1 Å². The van der Waals surface area contributed by atoms with E-state index in [-0.39, 0.29) is 5.56 Å². The summed E-state index contributed by atoms with van der Waals surface area (Å²) >= 11 is 6.02. The number of ether oxygens (including phenoxy) is 2. The lowest BCUT2D eigenvalue weighted by Gasteiger charge is -2.16. The lowest BCUT2D eigenvalue weighted by molar-refractivity contribution is -0.123. The summed E-state index contributed by atoms with van der Waals surface area (Å²) in [5.41, 5.74) is 1.59. The molecular formula is C18H18ClNO4. The van der Waals surface area contributed by atoms with Gasteiger partial charge in [0.1, 0.15) is 11.3 Å². The number of hydrogen-bond donors (Lipinski definition) is 1. The van der Waals surface area contributed by atoms with Crippen molar-refractivity contribution < 1.29 is 19.1 Å². The molecule has 0 unspecified atom stereocenters. The number of amides is 1. The molecule has 0 spiro atoms. The maximum absolute atomic E-state index is 12.2. The van der Waals surface area contributed by atoms with Crippen LogP contribution >= 0.6 is 11.6 Å². The van der Waals surface area contributed by atoms with Crippen LogP contribution in [0.25, 0.3) is 0 Å². The first-order valence-electron chi connectivity index (χ1n) is 7.34. The van der Waals surface area contributed by atoms with E-state index < -0.39 is 18.0 Å². The quantitative estimate of drug-likeness (QED) is 0.834. The Morgan fingerprint density at radius 2 is 1.83 bits per heavy atom. The van der Waals surface area contributed by atoms with Gasteiger partial charge in [0, 0.05) is 10.7 Å². The van der Waals surface area contributed by atoms with Gasteiger partial charge >= 0.3 is 5.97 Å². The van der Waals surface area contributed by atoms with Gasteiger partial charge < -0.3 is 14.8 Å². The predicted molar refractivity (Wildman–Crippen MR) is 92.7 cm³/mol. The largest absolute Gasteiger partial charge is 0.496 e. The van der Waals surface area contributed by atoms with Gasteiger partial charge in [-0.05, 0) is 43.7 Å². The van der Waals surface area contributed by atoms with Gasteiger partial charge in [-0.25, -0.2) is 4.79 Å². The molecule has 1 atom stereocenters. The second-order valence-electron chi connectivity index (χ2n) is 5.15. The maximum Gasteiger partial charge on any atom is 0.342 e. The Hall–Kier alpha value is -2.53. The Morgan fingerprint density at radius 3 is 2.54 bits per heavy atom. The van der Waals surface area contributed by atoms with Gasteiger partial charge in [-0.2, -0.15) is 0 Å². The molecule has 2 aromatic rings. The Labute approximate surface area is 145 Å². The molecule has 2 rings (SSSR count). The lowest BCUT2D eigenvalue weighted by Crippen LogP contribution is -2.30. The topological polar surface area (TPSA) is 64.6 Å². The average molecular weight is 348 g/mol. The Morgan fingerprint density at radius 1 is 1.12 bits per heavy atom. The molecule has 0 heterocycles. The highest BCUT2D eigenvalue weighted by Crippen LogP contribution is 2.23. The second kappa shape index (κ2) is 7.84. The van der Waals surface area contributed by atoms with Crippen LogP contribution in [0.2, 0.25) is 5.02 Å². The van der Waals surface area contributed by atoms with Crippen molar-refractivity contribution in [1.82, 2.24) is 0 Å². The van der Waals surface area contributed by atoms with E-state index in [0.29, 0.717) is 16.5 Å². The molecule has 0 aromatic heterocycles. The summed E-state index contributed by atoms with van der Waals surface area (Å²) < 4.78 is 10.3. The van der Waals surface area contributed by atoms with Gasteiger partial charge in [-0.3, -0.25) is 4.79 Å². The molecule has 2 aromatic carbocycles. The number of halogens is 1. The molecule has 0 aliphatic heterocycles. The van der Waals surface area contributed by atoms with Crippen LogP contribution in [0.1, 0.15) is 22.8 Å². The van der Waals surface area contributed by atoms with Gasteiger partial charge in [-0.15, -0.1) is 0 Å². The molecule has 6 heteroatoms. The number of benzene rings is 2. The number of hydrogen-bond acceptors (Lipinski definition) is 4. The summed E-state index contributed by atoms with van der Waals surface area (Å²) in [4.78, 5) is 24.4. The number of esters is 1. The van der Waals surface area contributed by atoms with Crippen molar-refractivity contribution >= 4 is 29.2 Å². The summed E-state index contributed by atoms with van der Waals surface area (Å²) in [5.74, 6) is -0.678. The summed E-state index contributed by atoms with van der Waals surface area (Å²) in [6.07, 6.45) is -0.971. The van der Waals surface area contributed by atoms with E-state index >= 15 is 0 Å². The second-order valence-corrected chi connectivity index (χ2v) is 5.56. The van der Waals surface area contributed by atoms with Crippen LogP contribution in [0, 0.1) is 6.92 Å². The molecule has 24 heavy (non-hydrogen) atoms. The molecule has 0 saturated carbocycles. The first-order valence-corrected chi connectivity index (χ1v) is 7.71. The molecule has 1 amide bonds. The Balaban J connectivity index is 2.06. The lowest BCUT2D eigenvalue weighted by atomic mass is 10.2. The zero-order valence-electron chi connectivity index (χ0n) is 13.6. The fourth-order valence-electron chi connectivity index (χ4n) is 2.07. The molecule has 0 aliphatic carbocycles. The van der Waals surface area contributed by atoms with Crippen molar-refractivity contribution in [3.05, 3.63) is 58.6 Å². The number of anilines is 1. The number of para-hydroxylation sites is 1. The summed E-state index contributed by atoms with van der Waals surface area (Å²) in [5, 5.41) is 3.25. The van der Waals surface area contributed by atoms with Gasteiger partial charge in [0.05, 0.1) is 7.11 Å². The van der Waals surface area contributed by atoms with Crippen LogP contribution in [-0.2, 0) is 9.53 Å². The smallest absolute Gasteiger partial charge is 0.342 e. The van der Waals surface area contributed by atoms with Crippen molar-refractivity contribution in [3.63, 3.8) is 0 Å². The Kier molecular flexibility index (Phi) is 5.82. The molecule has 0 aliphatic rings. The highest BCUT2D eigenvalue weighted by Gasteiger charge is 2.21. The number of carbonyl (C=O) groups is 2. The SMILES string of the molecule is COc1ccccc1C(=O)O[C@H](C)C(=O)Nc1cccc(Cl)c1C. The summed E-state index contributed by atoms with van der Waals surface area (Å²) in [6.45, 7) is 3.30. The monoisotopic (exact) mass is 347 g/mol. The van der Waals surface area contributed by atoms with E-state index in [1.54, 1.807) is 49.4 Å². The fourth-order valence-corrected chi connectivity index (χ4v) is 2.24. The standard InChI is InChI=1S/C18H18ClNO4/c1-11-14(19)8-6-9-15(11)20-17(21)12(2)24-18(22)13-7-4-5-10-16(13)23-3/h4-10,12H,1-3H3,(H,20,21)/t12-/m1/s1. The van der Waals surface area contributed by atoms with Crippen LogP contribution in [-0.4, -0.2) is 25.1 Å². The normalized spacial score (nSPS) is 11.5. The minimum atomic E-state index is -0.971. The van der Waals surface area contributed by atoms with Gasteiger partial charge in [0.25, 0.3) is 5.91 Å². The van der Waals surface area contributed by atoms with Crippen molar-refractivity contribution in [2.75, 3.05) is 12.4 Å². The minimum absolute atomic E-state index is 0.263. The Bertz CT molecular complexity index is 760. The van der Waals surface area contributed by atoms with E-state index in [1.165, 1.54) is 14.0 Å². The van der Waals surface area contributed by atoms with Crippen molar-refractivity contribution in [2.24, 2.45) is 0 Å². The van der Waals surface area contributed by atoms with E-state index in [1.807, 2.05) is 0 Å². The molecular weight excluding hydrogens is 330 g/mol.